The van der Waals surface area contributed by atoms with Crippen molar-refractivity contribution in [3.63, 3.8) is 0 Å². The van der Waals surface area contributed by atoms with Crippen LogP contribution in [-0.2, 0) is 0 Å². The van der Waals surface area contributed by atoms with Crippen LogP contribution in [0.15, 0.2) is 31.0 Å². The first-order valence-corrected chi connectivity index (χ1v) is 5.63. The first-order chi connectivity index (χ1) is 6.84. The number of hydrogen-bond acceptors (Lipinski definition) is 4. The lowest BCUT2D eigenvalue weighted by Gasteiger charge is -2.06. The first kappa shape index (κ1) is 10.9. The van der Waals surface area contributed by atoms with E-state index in [0.29, 0.717) is 5.69 Å². The molecule has 3 N–H and O–H groups in total. The highest BCUT2D eigenvalue weighted by Crippen LogP contribution is 2.12. The molecule has 0 spiro atoms. The molecule has 0 saturated heterocycles. The van der Waals surface area contributed by atoms with Crippen molar-refractivity contribution in [3.05, 3.63) is 31.0 Å². The van der Waals surface area contributed by atoms with Crippen LogP contribution in [0.5, 0.6) is 0 Å². The van der Waals surface area contributed by atoms with E-state index in [-0.39, 0.29) is 0 Å². The summed E-state index contributed by atoms with van der Waals surface area (Å²) in [5.41, 5.74) is 6.41. The lowest BCUT2D eigenvalue weighted by Crippen LogP contribution is -2.07. The molecule has 1 rings (SSSR count). The third-order valence-corrected chi connectivity index (χ3v) is 2.58. The van der Waals surface area contributed by atoms with Gasteiger partial charge < -0.3 is 11.1 Å². The largest absolute Gasteiger partial charge is 0.396 e. The molecule has 0 amide bonds. The van der Waals surface area contributed by atoms with Gasteiger partial charge in [0.25, 0.3) is 0 Å². The Morgan fingerprint density at radius 1 is 1.64 bits per heavy atom. The van der Waals surface area contributed by atoms with Gasteiger partial charge in [0.05, 0.1) is 5.69 Å². The van der Waals surface area contributed by atoms with Crippen molar-refractivity contribution in [2.24, 2.45) is 0 Å². The van der Waals surface area contributed by atoms with Gasteiger partial charge in [-0.05, 0) is 12.1 Å². The van der Waals surface area contributed by atoms with Crippen molar-refractivity contribution in [2.45, 2.75) is 0 Å². The van der Waals surface area contributed by atoms with Gasteiger partial charge in [-0.1, -0.05) is 6.08 Å². The minimum atomic E-state index is 0.696. The Morgan fingerprint density at radius 2 is 2.50 bits per heavy atom. The molecule has 14 heavy (non-hydrogen) atoms. The maximum absolute atomic E-state index is 5.71. The van der Waals surface area contributed by atoms with Gasteiger partial charge in [0.2, 0.25) is 0 Å². The van der Waals surface area contributed by atoms with Crippen molar-refractivity contribution in [2.75, 3.05) is 29.1 Å². The molecule has 1 aromatic heterocycles. The number of nitrogens with zero attached hydrogens (tertiary/aromatic N) is 1. The molecular formula is C10H15N3S. The summed E-state index contributed by atoms with van der Waals surface area (Å²) in [6.45, 7) is 4.53. The van der Waals surface area contributed by atoms with E-state index in [0.717, 1.165) is 23.9 Å². The Morgan fingerprint density at radius 3 is 3.21 bits per heavy atom. The zero-order valence-corrected chi connectivity index (χ0v) is 8.89. The van der Waals surface area contributed by atoms with Gasteiger partial charge in [-0.15, -0.1) is 6.58 Å². The third kappa shape index (κ3) is 3.70. The predicted octanol–water partition coefficient (Wildman–Crippen LogP) is 1.99. The van der Waals surface area contributed by atoms with E-state index in [2.05, 4.69) is 16.9 Å². The molecule has 3 nitrogen and oxygen atoms in total. The average molecular weight is 209 g/mol. The van der Waals surface area contributed by atoms with Crippen molar-refractivity contribution < 1.29 is 0 Å². The fourth-order valence-corrected chi connectivity index (χ4v) is 1.55. The molecule has 0 aliphatic heterocycles. The van der Waals surface area contributed by atoms with Gasteiger partial charge in [-0.2, -0.15) is 11.8 Å². The summed E-state index contributed by atoms with van der Waals surface area (Å²) in [6.07, 6.45) is 3.63. The van der Waals surface area contributed by atoms with Gasteiger partial charge in [0.1, 0.15) is 5.82 Å². The molecule has 0 atom stereocenters. The fraction of sp³-hybridized carbons (Fsp3) is 0.300. The van der Waals surface area contributed by atoms with Gasteiger partial charge in [-0.25, -0.2) is 4.98 Å². The van der Waals surface area contributed by atoms with Gasteiger partial charge in [-0.3, -0.25) is 0 Å². The number of rotatable bonds is 6. The molecule has 0 bridgehead atoms. The fourth-order valence-electron chi connectivity index (χ4n) is 0.974. The summed E-state index contributed by atoms with van der Waals surface area (Å²) in [4.78, 5) is 4.13. The number of thioether (sulfide) groups is 1. The molecule has 1 heterocycles. The van der Waals surface area contributed by atoms with Crippen LogP contribution in [0.25, 0.3) is 0 Å². The highest BCUT2D eigenvalue weighted by atomic mass is 32.2. The monoisotopic (exact) mass is 209 g/mol. The second-order valence-electron chi connectivity index (χ2n) is 2.73. The van der Waals surface area contributed by atoms with Crippen LogP contribution in [0, 0.1) is 0 Å². The SMILES string of the molecule is C=CCSCCNc1ncccc1N. The smallest absolute Gasteiger partial charge is 0.149 e. The van der Waals surface area contributed by atoms with E-state index in [1.54, 1.807) is 6.20 Å². The Bertz CT molecular complexity index is 288. The van der Waals surface area contributed by atoms with E-state index < -0.39 is 0 Å². The Labute approximate surface area is 88.8 Å². The minimum Gasteiger partial charge on any atom is -0.396 e. The molecule has 1 aromatic rings. The summed E-state index contributed by atoms with van der Waals surface area (Å²) < 4.78 is 0. The molecule has 76 valence electrons. The molecule has 0 aliphatic carbocycles. The van der Waals surface area contributed by atoms with Crippen molar-refractivity contribution in [1.82, 2.24) is 4.98 Å². The van der Waals surface area contributed by atoms with Crippen LogP contribution in [0.2, 0.25) is 0 Å². The van der Waals surface area contributed by atoms with Crippen molar-refractivity contribution >= 4 is 23.3 Å². The molecule has 4 heteroatoms. The van der Waals surface area contributed by atoms with Gasteiger partial charge in [0, 0.05) is 24.2 Å². The molecule has 0 saturated carbocycles. The summed E-state index contributed by atoms with van der Waals surface area (Å²) in [5.74, 6) is 2.79. The van der Waals surface area contributed by atoms with Crippen LogP contribution in [0.4, 0.5) is 11.5 Å². The zero-order valence-electron chi connectivity index (χ0n) is 8.07. The van der Waals surface area contributed by atoms with Crippen LogP contribution in [0.3, 0.4) is 0 Å². The van der Waals surface area contributed by atoms with Crippen molar-refractivity contribution in [1.29, 1.82) is 0 Å². The average Bonchev–Trinajstić information content (AvgIpc) is 2.20. The highest BCUT2D eigenvalue weighted by molar-refractivity contribution is 7.99. The Hall–Kier alpha value is -1.16. The lowest BCUT2D eigenvalue weighted by molar-refractivity contribution is 1.17. The van der Waals surface area contributed by atoms with Crippen LogP contribution in [0.1, 0.15) is 0 Å². The van der Waals surface area contributed by atoms with E-state index >= 15 is 0 Å². The number of aromatic nitrogens is 1. The molecule has 0 fully saturated rings. The summed E-state index contributed by atoms with van der Waals surface area (Å²) in [6, 6.07) is 3.67. The third-order valence-electron chi connectivity index (χ3n) is 1.61. The maximum atomic E-state index is 5.71. The number of anilines is 2. The molecule has 0 unspecified atom stereocenters. The van der Waals surface area contributed by atoms with Crippen molar-refractivity contribution in [3.8, 4) is 0 Å². The summed E-state index contributed by atoms with van der Waals surface area (Å²) >= 11 is 1.83. The standard InChI is InChI=1S/C10H15N3S/c1-2-7-14-8-6-13-10-9(11)4-3-5-12-10/h2-5H,1,6-8,11H2,(H,12,13). The van der Waals surface area contributed by atoms with Crippen LogP contribution >= 0.6 is 11.8 Å². The maximum Gasteiger partial charge on any atom is 0.149 e. The number of pyridine rings is 1. The van der Waals surface area contributed by atoms with E-state index in [9.17, 15) is 0 Å². The van der Waals surface area contributed by atoms with E-state index in [1.807, 2.05) is 30.0 Å². The topological polar surface area (TPSA) is 50.9 Å². The highest BCUT2D eigenvalue weighted by Gasteiger charge is 1.96. The Balaban J connectivity index is 2.24. The number of nitrogen functional groups attached to an aromatic ring is 1. The number of nitrogens with two attached hydrogens (primary N) is 1. The summed E-state index contributed by atoms with van der Waals surface area (Å²) in [5, 5.41) is 3.18. The molecular weight excluding hydrogens is 194 g/mol. The van der Waals surface area contributed by atoms with Crippen LogP contribution in [-0.4, -0.2) is 23.0 Å². The Kier molecular flexibility index (Phi) is 4.93. The van der Waals surface area contributed by atoms with E-state index in [1.165, 1.54) is 0 Å². The zero-order chi connectivity index (χ0) is 10.2. The molecule has 0 aliphatic rings. The van der Waals surface area contributed by atoms with E-state index in [4.69, 9.17) is 5.73 Å². The lowest BCUT2D eigenvalue weighted by atomic mass is 10.4. The molecule has 0 radical (unpaired) electrons. The second-order valence-corrected chi connectivity index (χ2v) is 3.88. The van der Waals surface area contributed by atoms with Gasteiger partial charge >= 0.3 is 0 Å². The number of hydrogen-bond donors (Lipinski definition) is 2. The molecule has 0 aromatic carbocycles. The predicted molar refractivity (Wildman–Crippen MR) is 64.7 cm³/mol. The van der Waals surface area contributed by atoms with Gasteiger partial charge in [0.15, 0.2) is 0 Å². The van der Waals surface area contributed by atoms with Crippen LogP contribution < -0.4 is 11.1 Å². The first-order valence-electron chi connectivity index (χ1n) is 4.47. The normalized spacial score (nSPS) is 9.71. The quantitative estimate of drug-likeness (QED) is 0.556. The second kappa shape index (κ2) is 6.32. The summed E-state index contributed by atoms with van der Waals surface area (Å²) in [7, 11) is 0. The number of nitrogens with one attached hydrogen (secondary N) is 1. The minimum absolute atomic E-state index is 0.696.